The first kappa shape index (κ1) is 29.2. The molecule has 0 radical (unpaired) electrons. The van der Waals surface area contributed by atoms with E-state index in [1.807, 2.05) is 0 Å². The van der Waals surface area contributed by atoms with Gasteiger partial charge in [0.05, 0.1) is 0 Å². The van der Waals surface area contributed by atoms with Crippen LogP contribution < -0.4 is 17.2 Å². The third kappa shape index (κ3) is 9.44. The van der Waals surface area contributed by atoms with Crippen molar-refractivity contribution >= 4 is 52.6 Å². The average molecular weight is 228 g/mol. The van der Waals surface area contributed by atoms with Crippen molar-refractivity contribution < 1.29 is 16.4 Å². The summed E-state index contributed by atoms with van der Waals surface area (Å²) < 4.78 is 0. The van der Waals surface area contributed by atoms with Crippen molar-refractivity contribution in [2.45, 2.75) is 0 Å². The quantitative estimate of drug-likeness (QED) is 0.409. The molecule has 1 aromatic heterocycles. The number of anilines is 3. The SMILES string of the molecule is Nc1nc(N)nc(N)n1.[Al+3].[Al+3].[O-2].[O-2].[O-2]. The Kier molecular flexibility index (Phi) is 25.8. The average Bonchev–Trinajstić information content (AvgIpc) is 1.59. The van der Waals surface area contributed by atoms with Crippen molar-refractivity contribution in [3.05, 3.63) is 0 Å². The maximum atomic E-state index is 5.14. The number of nitrogens with two attached hydrogens (primary N) is 3. The van der Waals surface area contributed by atoms with E-state index >= 15 is 0 Å². The summed E-state index contributed by atoms with van der Waals surface area (Å²) in [5.41, 5.74) is 15.4. The van der Waals surface area contributed by atoms with Gasteiger partial charge in [0.15, 0.2) is 0 Å². The van der Waals surface area contributed by atoms with Crippen LogP contribution in [0.15, 0.2) is 0 Å². The monoisotopic (exact) mass is 228 g/mol. The molecule has 0 aliphatic heterocycles. The molecular weight excluding hydrogens is 222 g/mol. The molecule has 0 aliphatic carbocycles. The molecule has 11 heteroatoms. The molecule has 0 spiro atoms. The standard InChI is InChI=1S/C3H6N6.2Al.3O/c4-1-7-2(5)9-3(6)8-1;;;;;/h(H6,4,5,6,7,8,9);;;;;/q;2*+3;3*-2. The van der Waals surface area contributed by atoms with E-state index in [4.69, 9.17) is 17.2 Å². The summed E-state index contributed by atoms with van der Waals surface area (Å²) in [5, 5.41) is 0. The van der Waals surface area contributed by atoms with Crippen LogP contribution in [0.1, 0.15) is 0 Å². The Morgan fingerprint density at radius 3 is 0.857 bits per heavy atom. The summed E-state index contributed by atoms with van der Waals surface area (Å²) in [7, 11) is 0. The van der Waals surface area contributed by atoms with E-state index in [1.54, 1.807) is 0 Å². The molecule has 0 saturated carbocycles. The molecule has 0 amide bonds. The fraction of sp³-hybridized carbons (Fsp3) is 0. The number of aromatic nitrogens is 3. The minimum atomic E-state index is 0. The molecule has 0 fully saturated rings. The van der Waals surface area contributed by atoms with Gasteiger partial charge in [0.25, 0.3) is 0 Å². The molecule has 0 bridgehead atoms. The zero-order valence-electron chi connectivity index (χ0n) is 6.95. The van der Waals surface area contributed by atoms with Gasteiger partial charge in [0.2, 0.25) is 17.8 Å². The Balaban J connectivity index is -0.0000000540. The van der Waals surface area contributed by atoms with Crippen molar-refractivity contribution in [3.8, 4) is 0 Å². The van der Waals surface area contributed by atoms with Crippen molar-refractivity contribution in [1.82, 2.24) is 15.0 Å². The van der Waals surface area contributed by atoms with Gasteiger partial charge in [0.1, 0.15) is 0 Å². The van der Waals surface area contributed by atoms with Crippen LogP contribution in [0.25, 0.3) is 0 Å². The molecule has 0 aromatic carbocycles. The van der Waals surface area contributed by atoms with Gasteiger partial charge in [0, 0.05) is 0 Å². The Morgan fingerprint density at radius 2 is 0.714 bits per heavy atom. The van der Waals surface area contributed by atoms with Gasteiger partial charge in [-0.25, -0.2) is 0 Å². The normalized spacial score (nSPS) is 6.00. The summed E-state index contributed by atoms with van der Waals surface area (Å²) >= 11 is 0. The molecule has 9 nitrogen and oxygen atoms in total. The summed E-state index contributed by atoms with van der Waals surface area (Å²) in [6.45, 7) is 0. The third-order valence-corrected chi connectivity index (χ3v) is 0.687. The molecule has 1 heterocycles. The fourth-order valence-corrected chi connectivity index (χ4v) is 0.427. The molecule has 0 atom stereocenters. The molecule has 6 N–H and O–H groups in total. The van der Waals surface area contributed by atoms with Crippen LogP contribution in [0.5, 0.6) is 0 Å². The van der Waals surface area contributed by atoms with Crippen LogP contribution in [0.3, 0.4) is 0 Å². The Bertz CT molecular complexity index is 187. The van der Waals surface area contributed by atoms with Gasteiger partial charge in [-0.15, -0.1) is 0 Å². The summed E-state index contributed by atoms with van der Waals surface area (Å²) in [6.07, 6.45) is 0. The molecular formula is C3H6Al2N6O3. The van der Waals surface area contributed by atoms with E-state index in [0.717, 1.165) is 0 Å². The fourth-order valence-electron chi connectivity index (χ4n) is 0.427. The zero-order valence-corrected chi connectivity index (χ0v) is 9.26. The van der Waals surface area contributed by atoms with Crippen LogP contribution in [0, 0.1) is 0 Å². The van der Waals surface area contributed by atoms with E-state index in [9.17, 15) is 0 Å². The van der Waals surface area contributed by atoms with Crippen LogP contribution in [0.4, 0.5) is 17.8 Å². The maximum Gasteiger partial charge on any atom is 3.00 e. The predicted molar refractivity (Wildman–Crippen MR) is 46.6 cm³/mol. The number of nitrogen functional groups attached to an aromatic ring is 3. The van der Waals surface area contributed by atoms with Crippen LogP contribution >= 0.6 is 0 Å². The summed E-state index contributed by atoms with van der Waals surface area (Å²) in [5.74, 6) is 0.125. The Morgan fingerprint density at radius 1 is 0.571 bits per heavy atom. The molecule has 0 unspecified atom stereocenters. The minimum Gasteiger partial charge on any atom is -2.00 e. The second-order valence-corrected chi connectivity index (χ2v) is 1.41. The second kappa shape index (κ2) is 12.4. The number of rotatable bonds is 0. The van der Waals surface area contributed by atoms with E-state index < -0.39 is 0 Å². The molecule has 1 aromatic rings. The van der Waals surface area contributed by atoms with E-state index in [0.29, 0.717) is 0 Å². The maximum absolute atomic E-state index is 5.14. The van der Waals surface area contributed by atoms with E-state index in [1.165, 1.54) is 0 Å². The van der Waals surface area contributed by atoms with Gasteiger partial charge in [-0.2, -0.15) is 15.0 Å². The van der Waals surface area contributed by atoms with E-state index in [2.05, 4.69) is 15.0 Å². The van der Waals surface area contributed by atoms with Crippen molar-refractivity contribution in [2.24, 2.45) is 0 Å². The Hall–Kier alpha value is -0.645. The molecule has 72 valence electrons. The van der Waals surface area contributed by atoms with Gasteiger partial charge in [-0.05, 0) is 0 Å². The zero-order chi connectivity index (χ0) is 6.85. The summed E-state index contributed by atoms with van der Waals surface area (Å²) in [6, 6.07) is 0. The van der Waals surface area contributed by atoms with Gasteiger partial charge < -0.3 is 33.6 Å². The Labute approximate surface area is 101 Å². The van der Waals surface area contributed by atoms with Crippen molar-refractivity contribution in [2.75, 3.05) is 17.2 Å². The summed E-state index contributed by atoms with van der Waals surface area (Å²) in [4.78, 5) is 10.5. The van der Waals surface area contributed by atoms with Gasteiger partial charge in [-0.1, -0.05) is 0 Å². The van der Waals surface area contributed by atoms with Crippen molar-refractivity contribution in [3.63, 3.8) is 0 Å². The predicted octanol–water partition coefficient (Wildman–Crippen LogP) is -2.50. The van der Waals surface area contributed by atoms with Crippen molar-refractivity contribution in [1.29, 1.82) is 0 Å². The van der Waals surface area contributed by atoms with Gasteiger partial charge in [-0.3, -0.25) is 0 Å². The number of hydrogen-bond acceptors (Lipinski definition) is 6. The topological polar surface area (TPSA) is 202 Å². The third-order valence-electron chi connectivity index (χ3n) is 0.687. The minimum absolute atomic E-state index is 0. The smallest absolute Gasteiger partial charge is 2.00 e. The molecule has 0 aliphatic rings. The number of nitrogens with zero attached hydrogens (tertiary/aromatic N) is 3. The first-order valence-electron chi connectivity index (χ1n) is 2.21. The first-order chi connectivity index (χ1) is 4.18. The van der Waals surface area contributed by atoms with Crippen LogP contribution in [-0.4, -0.2) is 49.7 Å². The van der Waals surface area contributed by atoms with E-state index in [-0.39, 0.29) is 69.0 Å². The molecule has 0 saturated heterocycles. The first-order valence-corrected chi connectivity index (χ1v) is 2.21. The molecule has 14 heavy (non-hydrogen) atoms. The number of hydrogen-bond donors (Lipinski definition) is 3. The van der Waals surface area contributed by atoms with Gasteiger partial charge >= 0.3 is 34.7 Å². The largest absolute Gasteiger partial charge is 3.00 e. The van der Waals surface area contributed by atoms with Crippen LogP contribution in [-0.2, 0) is 16.4 Å². The molecule has 1 rings (SSSR count). The van der Waals surface area contributed by atoms with Crippen LogP contribution in [0.2, 0.25) is 0 Å². The second-order valence-electron chi connectivity index (χ2n) is 1.41.